The van der Waals surface area contributed by atoms with Crippen LogP contribution in [0, 0.1) is 0 Å². The number of phenolic OH excluding ortho intramolecular Hbond substituents is 2. The van der Waals surface area contributed by atoms with E-state index >= 15 is 0 Å². The van der Waals surface area contributed by atoms with E-state index in [-0.39, 0.29) is 35.6 Å². The number of benzene rings is 3. The van der Waals surface area contributed by atoms with Gasteiger partial charge in [-0.2, -0.15) is 0 Å². The quantitative estimate of drug-likeness (QED) is 0.278. The average molecular weight is 542 g/mol. The van der Waals surface area contributed by atoms with Crippen molar-refractivity contribution in [2.45, 2.75) is 63.7 Å². The van der Waals surface area contributed by atoms with Gasteiger partial charge in [-0.1, -0.05) is 61.9 Å². The molecule has 1 saturated heterocycles. The summed E-state index contributed by atoms with van der Waals surface area (Å²) in [7, 11) is 0. The molecule has 208 valence electrons. The number of aromatic hydroxyl groups is 2. The molecule has 3 aromatic rings. The van der Waals surface area contributed by atoms with Crippen LogP contribution >= 0.6 is 0 Å². The molecule has 0 aliphatic carbocycles. The van der Waals surface area contributed by atoms with E-state index < -0.39 is 18.1 Å². The molecular weight excluding hydrogens is 506 g/mol. The summed E-state index contributed by atoms with van der Waals surface area (Å²) in [6.45, 7) is 2.65. The summed E-state index contributed by atoms with van der Waals surface area (Å²) >= 11 is 0. The van der Waals surface area contributed by atoms with Crippen LogP contribution in [0.3, 0.4) is 0 Å². The zero-order chi connectivity index (χ0) is 28.2. The number of piperazine rings is 1. The molecule has 0 bridgehead atoms. The molecule has 0 radical (unpaired) electrons. The van der Waals surface area contributed by atoms with E-state index in [9.17, 15) is 24.9 Å². The fourth-order valence-corrected chi connectivity index (χ4v) is 5.76. The molecular formula is C32H35N3O5. The number of carbonyl (C=O) groups excluding carboxylic acids is 2. The van der Waals surface area contributed by atoms with Crippen molar-refractivity contribution in [3.8, 4) is 11.5 Å². The Labute approximate surface area is 234 Å². The number of hydrogen-bond acceptors (Lipinski definition) is 5. The monoisotopic (exact) mass is 541 g/mol. The second-order valence-corrected chi connectivity index (χ2v) is 10.5. The maximum Gasteiger partial charge on any atom is 0.247 e. The number of phenols is 2. The van der Waals surface area contributed by atoms with E-state index in [1.165, 1.54) is 0 Å². The molecule has 1 fully saturated rings. The Balaban J connectivity index is 1.47. The van der Waals surface area contributed by atoms with E-state index in [0.29, 0.717) is 38.8 Å². The van der Waals surface area contributed by atoms with Crippen LogP contribution in [-0.2, 0) is 35.4 Å². The predicted octanol–water partition coefficient (Wildman–Crippen LogP) is 4.17. The van der Waals surface area contributed by atoms with E-state index in [2.05, 4.69) is 4.99 Å². The second-order valence-electron chi connectivity index (χ2n) is 10.5. The first kappa shape index (κ1) is 27.2. The predicted molar refractivity (Wildman–Crippen MR) is 152 cm³/mol. The summed E-state index contributed by atoms with van der Waals surface area (Å²) in [5.41, 5.74) is 3.87. The lowest BCUT2D eigenvalue weighted by Crippen LogP contribution is -2.69. The van der Waals surface area contributed by atoms with Gasteiger partial charge in [-0.05, 0) is 59.4 Å². The van der Waals surface area contributed by atoms with Crippen LogP contribution in [-0.4, -0.2) is 67.5 Å². The number of aliphatic hydroxyl groups is 1. The van der Waals surface area contributed by atoms with E-state index in [0.717, 1.165) is 22.3 Å². The molecule has 0 spiro atoms. The van der Waals surface area contributed by atoms with E-state index in [1.54, 1.807) is 58.3 Å². The molecule has 2 aliphatic rings. The van der Waals surface area contributed by atoms with Crippen molar-refractivity contribution in [2.75, 3.05) is 6.54 Å². The van der Waals surface area contributed by atoms with Gasteiger partial charge in [0, 0.05) is 25.9 Å². The fourth-order valence-electron chi connectivity index (χ4n) is 5.76. The number of fused-ring (bicyclic) bond motifs is 2. The standard InChI is InChI=1S/C32H35N3O5/c1-2-5-27(30(38)33-17-16-21-8-12-25(36)13-9-21)35-29(18-22-10-14-26(37)15-11-22)31(39)34-20-24-7-4-3-6-23(24)19-28(34)32(35)40/h3-4,6-15,27-29,36-37H,2,5,16-20H2,1H3,(H,33,38). The normalized spacial score (nSPS) is 19.8. The summed E-state index contributed by atoms with van der Waals surface area (Å²) in [5, 5.41) is 30.5. The summed E-state index contributed by atoms with van der Waals surface area (Å²) < 4.78 is 0. The Hall–Kier alpha value is -4.33. The molecule has 3 unspecified atom stereocenters. The Bertz CT molecular complexity index is 1390. The smallest absolute Gasteiger partial charge is 0.247 e. The Morgan fingerprint density at radius 2 is 1.52 bits per heavy atom. The van der Waals surface area contributed by atoms with Gasteiger partial charge in [0.25, 0.3) is 0 Å². The van der Waals surface area contributed by atoms with Gasteiger partial charge < -0.3 is 25.1 Å². The van der Waals surface area contributed by atoms with Gasteiger partial charge in [0.2, 0.25) is 17.7 Å². The molecule has 8 heteroatoms. The average Bonchev–Trinajstić information content (AvgIpc) is 2.96. The van der Waals surface area contributed by atoms with Crippen LogP contribution in [0.1, 0.15) is 42.0 Å². The van der Waals surface area contributed by atoms with Gasteiger partial charge in [0.05, 0.1) is 0 Å². The van der Waals surface area contributed by atoms with Crippen molar-refractivity contribution < 1.29 is 24.9 Å². The van der Waals surface area contributed by atoms with E-state index in [1.807, 2.05) is 31.2 Å². The third-order valence-corrected chi connectivity index (χ3v) is 7.86. The number of rotatable bonds is 9. The summed E-state index contributed by atoms with van der Waals surface area (Å²) in [6, 6.07) is 19.2. The minimum Gasteiger partial charge on any atom is -0.508 e. The molecule has 2 amide bonds. The molecule has 2 aliphatic heterocycles. The van der Waals surface area contributed by atoms with Gasteiger partial charge in [0.15, 0.2) is 0 Å². The molecule has 0 aromatic heterocycles. The van der Waals surface area contributed by atoms with Crippen LogP contribution in [0.4, 0.5) is 0 Å². The number of nitrogens with zero attached hydrogens (tertiary/aromatic N) is 3. The van der Waals surface area contributed by atoms with Crippen LogP contribution in [0.5, 0.6) is 11.5 Å². The van der Waals surface area contributed by atoms with E-state index in [4.69, 9.17) is 0 Å². The summed E-state index contributed by atoms with van der Waals surface area (Å²) in [5.74, 6) is -0.170. The maximum atomic E-state index is 14.2. The zero-order valence-electron chi connectivity index (χ0n) is 22.6. The molecule has 2 heterocycles. The maximum absolute atomic E-state index is 14.2. The molecule has 3 aromatic carbocycles. The minimum absolute atomic E-state index is 0.127. The van der Waals surface area contributed by atoms with Crippen molar-refractivity contribution in [1.82, 2.24) is 9.80 Å². The molecule has 0 saturated carbocycles. The Kier molecular flexibility index (Phi) is 8.05. The number of aliphatic hydroxyl groups excluding tert-OH is 1. The second kappa shape index (κ2) is 11.8. The van der Waals surface area contributed by atoms with Crippen LogP contribution in [0.15, 0.2) is 77.8 Å². The van der Waals surface area contributed by atoms with Gasteiger partial charge in [-0.25, -0.2) is 0 Å². The van der Waals surface area contributed by atoms with Crippen molar-refractivity contribution in [2.24, 2.45) is 4.99 Å². The Morgan fingerprint density at radius 3 is 2.17 bits per heavy atom. The Morgan fingerprint density at radius 1 is 0.900 bits per heavy atom. The topological polar surface area (TPSA) is 114 Å². The number of carbonyl (C=O) groups is 2. The van der Waals surface area contributed by atoms with Crippen molar-refractivity contribution in [3.63, 3.8) is 0 Å². The summed E-state index contributed by atoms with van der Waals surface area (Å²) in [6.07, 6.45) is 2.39. The highest BCUT2D eigenvalue weighted by Crippen LogP contribution is 2.33. The molecule has 8 nitrogen and oxygen atoms in total. The SMILES string of the molecule is CCCC(C(O)=NCCc1ccc(O)cc1)N1C(=O)C2Cc3ccccc3CN2C(=O)C1Cc1ccc(O)cc1. The molecule has 3 atom stereocenters. The van der Waals surface area contributed by atoms with Crippen molar-refractivity contribution in [1.29, 1.82) is 0 Å². The highest BCUT2D eigenvalue weighted by molar-refractivity contribution is 6.00. The number of amides is 2. The van der Waals surface area contributed by atoms with Crippen molar-refractivity contribution >= 4 is 17.7 Å². The minimum atomic E-state index is -0.815. The molecule has 40 heavy (non-hydrogen) atoms. The zero-order valence-corrected chi connectivity index (χ0v) is 22.6. The molecule has 5 rings (SSSR count). The van der Waals surface area contributed by atoms with Gasteiger partial charge in [-0.3, -0.25) is 14.6 Å². The highest BCUT2D eigenvalue weighted by Gasteiger charge is 2.50. The van der Waals surface area contributed by atoms with Crippen LogP contribution in [0.2, 0.25) is 0 Å². The first-order chi connectivity index (χ1) is 19.4. The first-order valence-corrected chi connectivity index (χ1v) is 13.8. The van der Waals surface area contributed by atoms with Gasteiger partial charge in [-0.15, -0.1) is 0 Å². The van der Waals surface area contributed by atoms with Crippen molar-refractivity contribution in [3.05, 3.63) is 95.1 Å². The van der Waals surface area contributed by atoms with Gasteiger partial charge >= 0.3 is 0 Å². The van der Waals surface area contributed by atoms with Crippen LogP contribution < -0.4 is 0 Å². The van der Waals surface area contributed by atoms with Crippen LogP contribution in [0.25, 0.3) is 0 Å². The summed E-state index contributed by atoms with van der Waals surface area (Å²) in [4.78, 5) is 36.0. The number of hydrogen-bond donors (Lipinski definition) is 3. The third-order valence-electron chi connectivity index (χ3n) is 7.86. The number of aliphatic imine (C=N–C) groups is 1. The largest absolute Gasteiger partial charge is 0.508 e. The first-order valence-electron chi connectivity index (χ1n) is 13.8. The highest BCUT2D eigenvalue weighted by atomic mass is 16.3. The lowest BCUT2D eigenvalue weighted by atomic mass is 9.87. The third kappa shape index (κ3) is 5.66. The fraction of sp³-hybridized carbons (Fsp3) is 0.344. The lowest BCUT2D eigenvalue weighted by Gasteiger charge is -2.49. The van der Waals surface area contributed by atoms with Gasteiger partial charge in [0.1, 0.15) is 29.6 Å². The lowest BCUT2D eigenvalue weighted by molar-refractivity contribution is -0.164. The molecule has 3 N–H and O–H groups in total.